The maximum atomic E-state index is 12.8. The number of hydrogen-bond acceptors (Lipinski definition) is 7. The molecule has 4 aromatic rings. The first-order valence-corrected chi connectivity index (χ1v) is 10.7. The number of piperidine rings is 1. The maximum absolute atomic E-state index is 12.8. The summed E-state index contributed by atoms with van der Waals surface area (Å²) in [7, 11) is 1.89. The Morgan fingerprint density at radius 1 is 1.09 bits per heavy atom. The Morgan fingerprint density at radius 2 is 1.97 bits per heavy atom. The standard InChI is InChI=1S/C23H24N8O/c1-30-14-19(12-27-30)17-2-3-18-11-26-23(28-21(18)10-17)29-22(32)16-4-8-31(9-5-16)15-20-13-24-6-7-25-20/h2-3,6-7,10-14,16H,4-5,8-9,15H2,1H3,(H,26,28,29,32). The third-order valence-electron chi connectivity index (χ3n) is 5.82. The molecule has 0 saturated carbocycles. The molecule has 3 aromatic heterocycles. The lowest BCUT2D eigenvalue weighted by atomic mass is 9.96. The predicted molar refractivity (Wildman–Crippen MR) is 120 cm³/mol. The first kappa shape index (κ1) is 20.2. The summed E-state index contributed by atoms with van der Waals surface area (Å²) in [6.45, 7) is 2.46. The van der Waals surface area contributed by atoms with Gasteiger partial charge in [-0.05, 0) is 37.6 Å². The van der Waals surface area contributed by atoms with E-state index in [9.17, 15) is 4.79 Å². The van der Waals surface area contributed by atoms with Gasteiger partial charge < -0.3 is 0 Å². The molecule has 9 heteroatoms. The van der Waals surface area contributed by atoms with E-state index in [0.717, 1.165) is 60.2 Å². The van der Waals surface area contributed by atoms with Gasteiger partial charge in [-0.25, -0.2) is 9.97 Å². The van der Waals surface area contributed by atoms with Crippen LogP contribution < -0.4 is 5.32 Å². The van der Waals surface area contributed by atoms with Gasteiger partial charge in [-0.15, -0.1) is 0 Å². The molecule has 32 heavy (non-hydrogen) atoms. The summed E-state index contributed by atoms with van der Waals surface area (Å²) in [5.41, 5.74) is 3.78. The van der Waals surface area contributed by atoms with Crippen molar-refractivity contribution in [3.63, 3.8) is 0 Å². The third-order valence-corrected chi connectivity index (χ3v) is 5.82. The predicted octanol–water partition coefficient (Wildman–Crippen LogP) is 2.67. The summed E-state index contributed by atoms with van der Waals surface area (Å²) in [4.78, 5) is 32.5. The summed E-state index contributed by atoms with van der Waals surface area (Å²) in [6.07, 6.45) is 12.3. The first-order valence-electron chi connectivity index (χ1n) is 10.7. The van der Waals surface area contributed by atoms with Gasteiger partial charge in [-0.2, -0.15) is 5.10 Å². The van der Waals surface area contributed by atoms with Crippen LogP contribution in [0.4, 0.5) is 5.95 Å². The molecule has 0 atom stereocenters. The molecule has 1 amide bonds. The zero-order valence-corrected chi connectivity index (χ0v) is 17.8. The fourth-order valence-electron chi connectivity index (χ4n) is 4.04. The van der Waals surface area contributed by atoms with E-state index in [1.807, 2.05) is 37.6 Å². The molecule has 0 bridgehead atoms. The molecule has 4 heterocycles. The minimum atomic E-state index is -0.0471. The number of rotatable bonds is 5. The number of nitrogens with zero attached hydrogens (tertiary/aromatic N) is 7. The molecule has 1 N–H and O–H groups in total. The lowest BCUT2D eigenvalue weighted by molar-refractivity contribution is -0.121. The largest absolute Gasteiger partial charge is 0.297 e. The highest BCUT2D eigenvalue weighted by Crippen LogP contribution is 2.24. The Balaban J connectivity index is 1.22. The summed E-state index contributed by atoms with van der Waals surface area (Å²) < 4.78 is 1.77. The lowest BCUT2D eigenvalue weighted by Crippen LogP contribution is -2.38. The fraction of sp³-hybridized carbons (Fsp3) is 0.304. The molecular weight excluding hydrogens is 404 g/mol. The summed E-state index contributed by atoms with van der Waals surface area (Å²) in [5.74, 6) is 0.272. The van der Waals surface area contributed by atoms with Crippen LogP contribution in [0.5, 0.6) is 0 Å². The SMILES string of the molecule is Cn1cc(-c2ccc3cnc(NC(=O)C4CCN(Cc5cnccn5)CC4)nc3c2)cn1. The van der Waals surface area contributed by atoms with Crippen LogP contribution in [-0.4, -0.2) is 53.6 Å². The number of aromatic nitrogens is 6. The minimum Gasteiger partial charge on any atom is -0.297 e. The van der Waals surface area contributed by atoms with Gasteiger partial charge in [0.2, 0.25) is 11.9 Å². The Hall–Kier alpha value is -3.72. The van der Waals surface area contributed by atoms with Gasteiger partial charge in [0.1, 0.15) is 0 Å². The number of anilines is 1. The molecule has 1 aromatic carbocycles. The average Bonchev–Trinajstić information content (AvgIpc) is 3.26. The van der Waals surface area contributed by atoms with E-state index in [1.54, 1.807) is 29.5 Å². The van der Waals surface area contributed by atoms with Crippen molar-refractivity contribution in [3.8, 4) is 11.1 Å². The van der Waals surface area contributed by atoms with Crippen molar-refractivity contribution in [2.45, 2.75) is 19.4 Å². The molecular formula is C23H24N8O. The first-order chi connectivity index (χ1) is 15.6. The molecule has 1 saturated heterocycles. The van der Waals surface area contributed by atoms with E-state index in [1.165, 1.54) is 0 Å². The zero-order valence-electron chi connectivity index (χ0n) is 17.8. The minimum absolute atomic E-state index is 0.0214. The molecule has 1 aliphatic rings. The number of likely N-dealkylation sites (tertiary alicyclic amines) is 1. The second-order valence-electron chi connectivity index (χ2n) is 8.11. The van der Waals surface area contributed by atoms with Crippen molar-refractivity contribution >= 4 is 22.8 Å². The highest BCUT2D eigenvalue weighted by atomic mass is 16.2. The van der Waals surface area contributed by atoms with E-state index >= 15 is 0 Å². The van der Waals surface area contributed by atoms with Crippen molar-refractivity contribution < 1.29 is 4.79 Å². The topological polar surface area (TPSA) is 102 Å². The smallest absolute Gasteiger partial charge is 0.229 e. The highest BCUT2D eigenvalue weighted by Gasteiger charge is 2.25. The van der Waals surface area contributed by atoms with E-state index in [0.29, 0.717) is 5.95 Å². The fourth-order valence-corrected chi connectivity index (χ4v) is 4.04. The van der Waals surface area contributed by atoms with Crippen LogP contribution in [-0.2, 0) is 18.4 Å². The van der Waals surface area contributed by atoms with Gasteiger partial charge in [-0.1, -0.05) is 12.1 Å². The van der Waals surface area contributed by atoms with E-state index in [4.69, 9.17) is 0 Å². The maximum Gasteiger partial charge on any atom is 0.229 e. The number of fused-ring (bicyclic) bond motifs is 1. The normalized spacial score (nSPS) is 15.2. The van der Waals surface area contributed by atoms with Crippen LogP contribution >= 0.6 is 0 Å². The van der Waals surface area contributed by atoms with Crippen LogP contribution in [0.3, 0.4) is 0 Å². The molecule has 162 valence electrons. The lowest BCUT2D eigenvalue weighted by Gasteiger charge is -2.30. The van der Waals surface area contributed by atoms with E-state index < -0.39 is 0 Å². The van der Waals surface area contributed by atoms with Gasteiger partial charge in [0.15, 0.2) is 0 Å². The molecule has 0 radical (unpaired) electrons. The Bertz CT molecular complexity index is 1230. The van der Waals surface area contributed by atoms with Crippen LogP contribution in [0.15, 0.2) is 55.4 Å². The number of benzene rings is 1. The summed E-state index contributed by atoms with van der Waals surface area (Å²) >= 11 is 0. The van der Waals surface area contributed by atoms with Gasteiger partial charge in [0.05, 0.1) is 17.4 Å². The van der Waals surface area contributed by atoms with Gasteiger partial charge in [0.25, 0.3) is 0 Å². The van der Waals surface area contributed by atoms with Crippen molar-refractivity contribution in [2.24, 2.45) is 13.0 Å². The van der Waals surface area contributed by atoms with Crippen molar-refractivity contribution in [1.29, 1.82) is 0 Å². The van der Waals surface area contributed by atoms with Crippen LogP contribution in [0, 0.1) is 5.92 Å². The summed E-state index contributed by atoms with van der Waals surface area (Å²) in [5, 5.41) is 8.06. The molecule has 1 aliphatic heterocycles. The molecule has 9 nitrogen and oxygen atoms in total. The molecule has 1 fully saturated rings. The summed E-state index contributed by atoms with van der Waals surface area (Å²) in [6, 6.07) is 6.00. The Labute approximate surface area is 185 Å². The van der Waals surface area contributed by atoms with E-state index in [-0.39, 0.29) is 11.8 Å². The highest BCUT2D eigenvalue weighted by molar-refractivity contribution is 5.92. The number of nitrogens with one attached hydrogen (secondary N) is 1. The quantitative estimate of drug-likeness (QED) is 0.521. The van der Waals surface area contributed by atoms with Gasteiger partial charge in [0, 0.05) is 61.4 Å². The molecule has 0 unspecified atom stereocenters. The average molecular weight is 429 g/mol. The van der Waals surface area contributed by atoms with Crippen molar-refractivity contribution in [3.05, 3.63) is 61.1 Å². The molecule has 0 aliphatic carbocycles. The van der Waals surface area contributed by atoms with E-state index in [2.05, 4.69) is 35.3 Å². The third kappa shape index (κ3) is 4.47. The van der Waals surface area contributed by atoms with Gasteiger partial charge >= 0.3 is 0 Å². The van der Waals surface area contributed by atoms with Crippen LogP contribution in [0.1, 0.15) is 18.5 Å². The molecule has 0 spiro atoms. The van der Waals surface area contributed by atoms with Crippen LogP contribution in [0.2, 0.25) is 0 Å². The Kier molecular flexibility index (Phi) is 5.55. The number of amides is 1. The monoisotopic (exact) mass is 428 g/mol. The second-order valence-corrected chi connectivity index (χ2v) is 8.11. The number of carbonyl (C=O) groups excluding carboxylic acids is 1. The Morgan fingerprint density at radius 3 is 2.72 bits per heavy atom. The van der Waals surface area contributed by atoms with Gasteiger partial charge in [-0.3, -0.25) is 29.7 Å². The van der Waals surface area contributed by atoms with Crippen molar-refractivity contribution in [1.82, 2.24) is 34.6 Å². The second kappa shape index (κ2) is 8.80. The zero-order chi connectivity index (χ0) is 21.9. The number of hydrogen-bond donors (Lipinski definition) is 1. The van der Waals surface area contributed by atoms with Crippen LogP contribution in [0.25, 0.3) is 22.0 Å². The van der Waals surface area contributed by atoms with Crippen molar-refractivity contribution in [2.75, 3.05) is 18.4 Å². The molecule has 5 rings (SSSR count). The number of carbonyl (C=O) groups is 1. The number of aryl methyl sites for hydroxylation is 1.